The van der Waals surface area contributed by atoms with Crippen molar-refractivity contribution < 1.29 is 14.3 Å². The van der Waals surface area contributed by atoms with Gasteiger partial charge in [-0.1, -0.05) is 18.2 Å². The normalized spacial score (nSPS) is 24.8. The number of amides is 1. The highest BCUT2D eigenvalue weighted by atomic mass is 16.5. The molecule has 0 aliphatic carbocycles. The van der Waals surface area contributed by atoms with Crippen LogP contribution in [0, 0.1) is 0 Å². The van der Waals surface area contributed by atoms with Crippen LogP contribution in [0.5, 0.6) is 5.75 Å². The van der Waals surface area contributed by atoms with Gasteiger partial charge in [0.05, 0.1) is 11.2 Å². The van der Waals surface area contributed by atoms with E-state index in [0.717, 1.165) is 49.2 Å². The van der Waals surface area contributed by atoms with Crippen LogP contribution in [0.4, 0.5) is 0 Å². The number of hydrogen-bond acceptors (Lipinski definition) is 3. The topological polar surface area (TPSA) is 38.8 Å². The zero-order chi connectivity index (χ0) is 15.6. The maximum atomic E-state index is 12.8. The second-order valence-electron chi connectivity index (χ2n) is 6.30. The lowest BCUT2D eigenvalue weighted by Gasteiger charge is -2.27. The van der Waals surface area contributed by atoms with Crippen LogP contribution in [0.1, 0.15) is 31.7 Å². The molecule has 118 valence electrons. The molecular weight excluding hydrogens is 278 g/mol. The number of methoxy groups -OCH3 is 1. The quantitative estimate of drug-likeness (QED) is 0.843. The highest BCUT2D eigenvalue weighted by molar-refractivity contribution is 5.99. The standard InChI is InChI=1S/C18H23NO3/c1-18(21-2)8-5-10-19(11-9-18)17(20)15-12-14-6-3-4-7-16(14)22-13-15/h3-4,6-7,12H,5,8-11,13H2,1-2H3/t18-/m1/s1. The predicted octanol–water partition coefficient (Wildman–Crippen LogP) is 2.88. The summed E-state index contributed by atoms with van der Waals surface area (Å²) in [7, 11) is 1.76. The molecule has 0 radical (unpaired) electrons. The number of ether oxygens (including phenoxy) is 2. The number of benzene rings is 1. The maximum absolute atomic E-state index is 12.8. The lowest BCUT2D eigenvalue weighted by atomic mass is 9.97. The smallest absolute Gasteiger partial charge is 0.253 e. The second-order valence-corrected chi connectivity index (χ2v) is 6.30. The van der Waals surface area contributed by atoms with Gasteiger partial charge in [-0.25, -0.2) is 0 Å². The summed E-state index contributed by atoms with van der Waals surface area (Å²) >= 11 is 0. The molecule has 1 fully saturated rings. The molecule has 1 aromatic rings. The fraction of sp³-hybridized carbons (Fsp3) is 0.500. The third kappa shape index (κ3) is 3.02. The van der Waals surface area contributed by atoms with E-state index in [1.54, 1.807) is 7.11 Å². The average molecular weight is 301 g/mol. The number of nitrogens with zero attached hydrogens (tertiary/aromatic N) is 1. The van der Waals surface area contributed by atoms with Crippen molar-refractivity contribution in [1.82, 2.24) is 4.90 Å². The van der Waals surface area contributed by atoms with E-state index in [2.05, 4.69) is 6.92 Å². The first kappa shape index (κ1) is 15.1. The molecule has 0 aromatic heterocycles. The molecule has 0 bridgehead atoms. The Morgan fingerprint density at radius 1 is 1.27 bits per heavy atom. The lowest BCUT2D eigenvalue weighted by molar-refractivity contribution is -0.127. The Labute approximate surface area is 131 Å². The molecule has 2 heterocycles. The monoisotopic (exact) mass is 301 g/mol. The van der Waals surface area contributed by atoms with Gasteiger partial charge in [0.25, 0.3) is 5.91 Å². The summed E-state index contributed by atoms with van der Waals surface area (Å²) in [5.74, 6) is 0.941. The number of carbonyl (C=O) groups is 1. The lowest BCUT2D eigenvalue weighted by Crippen LogP contribution is -2.36. The number of likely N-dealkylation sites (tertiary alicyclic amines) is 1. The van der Waals surface area contributed by atoms with Crippen LogP contribution in [0.3, 0.4) is 0 Å². The van der Waals surface area contributed by atoms with Crippen molar-refractivity contribution in [3.05, 3.63) is 35.4 Å². The Morgan fingerprint density at radius 3 is 2.91 bits per heavy atom. The van der Waals surface area contributed by atoms with E-state index in [4.69, 9.17) is 9.47 Å². The van der Waals surface area contributed by atoms with Gasteiger partial charge in [0, 0.05) is 25.8 Å². The summed E-state index contributed by atoms with van der Waals surface area (Å²) in [4.78, 5) is 14.7. The van der Waals surface area contributed by atoms with E-state index in [-0.39, 0.29) is 11.5 Å². The summed E-state index contributed by atoms with van der Waals surface area (Å²) in [5, 5.41) is 0. The molecule has 4 nitrogen and oxygen atoms in total. The van der Waals surface area contributed by atoms with Gasteiger partial charge in [-0.05, 0) is 38.3 Å². The average Bonchev–Trinajstić information content (AvgIpc) is 2.76. The van der Waals surface area contributed by atoms with Crippen LogP contribution in [0.15, 0.2) is 29.8 Å². The van der Waals surface area contributed by atoms with E-state index < -0.39 is 0 Å². The van der Waals surface area contributed by atoms with Crippen molar-refractivity contribution in [2.75, 3.05) is 26.8 Å². The van der Waals surface area contributed by atoms with E-state index in [0.29, 0.717) is 6.61 Å². The number of para-hydroxylation sites is 1. The largest absolute Gasteiger partial charge is 0.488 e. The van der Waals surface area contributed by atoms with Gasteiger partial charge in [-0.3, -0.25) is 4.79 Å². The molecule has 3 rings (SSSR count). The summed E-state index contributed by atoms with van der Waals surface area (Å²) in [6, 6.07) is 7.82. The number of rotatable bonds is 2. The second kappa shape index (κ2) is 6.13. The Morgan fingerprint density at radius 2 is 2.09 bits per heavy atom. The molecule has 2 aliphatic rings. The van der Waals surface area contributed by atoms with Crippen molar-refractivity contribution in [1.29, 1.82) is 0 Å². The minimum Gasteiger partial charge on any atom is -0.488 e. The molecule has 0 unspecified atom stereocenters. The van der Waals surface area contributed by atoms with Crippen LogP contribution in [0.25, 0.3) is 6.08 Å². The summed E-state index contributed by atoms with van der Waals surface area (Å²) < 4.78 is 11.3. The highest BCUT2D eigenvalue weighted by Gasteiger charge is 2.30. The van der Waals surface area contributed by atoms with Crippen LogP contribution >= 0.6 is 0 Å². The summed E-state index contributed by atoms with van der Waals surface area (Å²) in [6.45, 7) is 4.01. The number of fused-ring (bicyclic) bond motifs is 1. The predicted molar refractivity (Wildman–Crippen MR) is 85.8 cm³/mol. The molecule has 1 atom stereocenters. The first-order valence-electron chi connectivity index (χ1n) is 7.88. The van der Waals surface area contributed by atoms with Crippen molar-refractivity contribution in [3.8, 4) is 5.75 Å². The fourth-order valence-electron chi connectivity index (χ4n) is 3.10. The van der Waals surface area contributed by atoms with Gasteiger partial charge in [0.2, 0.25) is 0 Å². The van der Waals surface area contributed by atoms with Gasteiger partial charge in [0.15, 0.2) is 0 Å². The van der Waals surface area contributed by atoms with Gasteiger partial charge < -0.3 is 14.4 Å². The molecule has 0 saturated carbocycles. The van der Waals surface area contributed by atoms with Gasteiger partial charge in [-0.15, -0.1) is 0 Å². The van der Waals surface area contributed by atoms with E-state index in [1.807, 2.05) is 35.2 Å². The van der Waals surface area contributed by atoms with E-state index in [9.17, 15) is 4.79 Å². The first-order valence-corrected chi connectivity index (χ1v) is 7.88. The molecule has 1 aromatic carbocycles. The zero-order valence-electron chi connectivity index (χ0n) is 13.3. The van der Waals surface area contributed by atoms with Crippen LogP contribution in [0.2, 0.25) is 0 Å². The van der Waals surface area contributed by atoms with Gasteiger partial charge in [0.1, 0.15) is 12.4 Å². The van der Waals surface area contributed by atoms with Crippen LogP contribution in [-0.2, 0) is 9.53 Å². The van der Waals surface area contributed by atoms with Gasteiger partial charge in [-0.2, -0.15) is 0 Å². The SMILES string of the molecule is CO[C@]1(C)CCCN(C(=O)C2=Cc3ccccc3OC2)CC1. The van der Waals surface area contributed by atoms with Gasteiger partial charge >= 0.3 is 0 Å². The van der Waals surface area contributed by atoms with Crippen LogP contribution < -0.4 is 4.74 Å². The first-order chi connectivity index (χ1) is 10.6. The summed E-state index contributed by atoms with van der Waals surface area (Å²) in [5.41, 5.74) is 1.60. The highest BCUT2D eigenvalue weighted by Crippen LogP contribution is 2.29. The van der Waals surface area contributed by atoms with Crippen molar-refractivity contribution >= 4 is 12.0 Å². The Balaban J connectivity index is 1.74. The molecular formula is C18H23NO3. The number of hydrogen-bond donors (Lipinski definition) is 0. The third-order valence-corrected chi connectivity index (χ3v) is 4.73. The Hall–Kier alpha value is -1.81. The molecule has 22 heavy (non-hydrogen) atoms. The third-order valence-electron chi connectivity index (χ3n) is 4.73. The zero-order valence-corrected chi connectivity index (χ0v) is 13.3. The fourth-order valence-corrected chi connectivity index (χ4v) is 3.10. The van der Waals surface area contributed by atoms with Crippen LogP contribution in [-0.4, -0.2) is 43.2 Å². The molecule has 0 N–H and O–H groups in total. The van der Waals surface area contributed by atoms with E-state index >= 15 is 0 Å². The Bertz CT molecular complexity index is 596. The Kier molecular flexibility index (Phi) is 4.21. The molecule has 0 spiro atoms. The summed E-state index contributed by atoms with van der Waals surface area (Å²) in [6.07, 6.45) is 4.80. The molecule has 1 amide bonds. The molecule has 4 heteroatoms. The van der Waals surface area contributed by atoms with Crippen molar-refractivity contribution in [2.45, 2.75) is 31.8 Å². The van der Waals surface area contributed by atoms with Crippen molar-refractivity contribution in [2.24, 2.45) is 0 Å². The number of carbonyl (C=O) groups excluding carboxylic acids is 1. The van der Waals surface area contributed by atoms with E-state index in [1.165, 1.54) is 0 Å². The minimum absolute atomic E-state index is 0.0925. The molecule has 2 aliphatic heterocycles. The maximum Gasteiger partial charge on any atom is 0.253 e. The van der Waals surface area contributed by atoms with Crippen molar-refractivity contribution in [3.63, 3.8) is 0 Å². The minimum atomic E-state index is -0.112. The molecule has 1 saturated heterocycles.